The number of rotatable bonds is 0. The molecule has 0 rings (SSSR count). The third-order valence-electron chi connectivity index (χ3n) is 0. The first-order valence-electron chi connectivity index (χ1n) is 1.87. The summed E-state index contributed by atoms with van der Waals surface area (Å²) in [5.41, 5.74) is 12.2. The summed E-state index contributed by atoms with van der Waals surface area (Å²) < 4.78 is 0. The largest absolute Gasteiger partial charge is 3.00 e. The fourth-order valence-electron chi connectivity index (χ4n) is 0. The van der Waals surface area contributed by atoms with Crippen molar-refractivity contribution in [3.63, 3.8) is 0 Å². The smallest absolute Gasteiger partial charge is 0.830 e. The summed E-state index contributed by atoms with van der Waals surface area (Å²) in [7, 11) is -7.86. The number of hydrogen-bond acceptors (Lipinski definition) is 9. The second-order valence-corrected chi connectivity index (χ2v) is 2.57. The zero-order valence-electron chi connectivity index (χ0n) is 6.23. The van der Waals surface area contributed by atoms with E-state index in [2.05, 4.69) is 16.5 Å². The van der Waals surface area contributed by atoms with Crippen LogP contribution in [-0.2, 0) is 39.0 Å². The molecular weight excluding hydrogens is 433 g/mol. The van der Waals surface area contributed by atoms with Crippen LogP contribution in [0.5, 0.6) is 0 Å². The van der Waals surface area contributed by atoms with Crippen molar-refractivity contribution in [2.24, 2.45) is 16.5 Å². The van der Waals surface area contributed by atoms with E-state index < -0.39 is 25.6 Å². The van der Waals surface area contributed by atoms with Crippen molar-refractivity contribution in [1.82, 2.24) is 0 Å². The van der Waals surface area contributed by atoms with Gasteiger partial charge in [-0.3, -0.25) is 0 Å². The Hall–Kier alpha value is 2.18. The van der Waals surface area contributed by atoms with Gasteiger partial charge in [-0.2, -0.15) is 0 Å². The van der Waals surface area contributed by atoms with Crippen LogP contribution in [0.2, 0.25) is 0 Å². The molecule has 0 aromatic rings. The maximum absolute atomic E-state index is 8.81. The van der Waals surface area contributed by atoms with Crippen LogP contribution < -0.4 is 45.9 Å². The molecule has 14 heteroatoms. The van der Waals surface area contributed by atoms with E-state index >= 15 is 0 Å². The molecule has 0 bridgehead atoms. The second-order valence-electron chi connectivity index (χ2n) is 0.856. The third-order valence-corrected chi connectivity index (χ3v) is 0. The Labute approximate surface area is 110 Å². The first kappa shape index (κ1) is 29.8. The van der Waals surface area contributed by atoms with Gasteiger partial charge in [0.05, 0.1) is 0 Å². The summed E-state index contributed by atoms with van der Waals surface area (Å²) in [5.74, 6) is 0. The first-order valence-corrected chi connectivity index (χ1v) is 5.61. The van der Waals surface area contributed by atoms with E-state index in [1.807, 2.05) is 0 Å². The van der Waals surface area contributed by atoms with Gasteiger partial charge in [0.1, 0.15) is 0 Å². The minimum Gasteiger partial charge on any atom is -0.830 e. The minimum absolute atomic E-state index is 0. The molecule has 6 N–H and O–H groups in total. The Morgan fingerprint density at radius 3 is 0.500 bits per heavy atom. The monoisotopic (exact) mass is 441 g/mol. The van der Waals surface area contributed by atoms with Gasteiger partial charge in [0.25, 0.3) is 0 Å². The molecule has 0 aliphatic carbocycles. The number of nitrogens with two attached hydrogens (primary N) is 3. The average molecular weight is 439 g/mol. The van der Waals surface area contributed by atoms with Crippen LogP contribution in [0.3, 0.4) is 0 Å². The Bertz CT molecular complexity index is 54.8. The van der Waals surface area contributed by atoms with Gasteiger partial charge >= 0.3 is 39.0 Å². The van der Waals surface area contributed by atoms with Crippen LogP contribution in [0.1, 0.15) is 0 Å². The number of hydrogen-bond donors (Lipinski definition) is 3. The van der Waals surface area contributed by atoms with Gasteiger partial charge in [0.15, 0.2) is 0 Å². The van der Waals surface area contributed by atoms with Crippen LogP contribution in [0.4, 0.5) is 0 Å². The molecule has 0 unspecified atom stereocenters. The molecule has 88 valence electrons. The van der Waals surface area contributed by atoms with Gasteiger partial charge in [-0.15, -0.1) is 0 Å². The predicted octanol–water partition coefficient (Wildman–Crippen LogP) is -6.33. The Balaban J connectivity index is -0.0000000270. The van der Waals surface area contributed by atoms with Crippen LogP contribution in [0.25, 0.3) is 0 Å². The first-order chi connectivity index (χ1) is 5.20. The topological polar surface area (TPSA) is 216 Å². The Morgan fingerprint density at radius 1 is 0.500 bits per heavy atom. The van der Waals surface area contributed by atoms with Crippen LogP contribution >= 0.6 is 25.6 Å². The molecule has 0 aliphatic rings. The van der Waals surface area contributed by atoms with E-state index in [9.17, 15) is 0 Å². The van der Waals surface area contributed by atoms with Crippen molar-refractivity contribution in [1.29, 1.82) is 0 Å². The van der Waals surface area contributed by atoms with Crippen molar-refractivity contribution >= 4 is 25.6 Å². The molecule has 2 radical (unpaired) electrons. The van der Waals surface area contributed by atoms with Gasteiger partial charge in [0.2, 0.25) is 0 Å². The van der Waals surface area contributed by atoms with Gasteiger partial charge in [-0.25, -0.2) is 25.6 Å². The van der Waals surface area contributed by atoms with Crippen molar-refractivity contribution in [3.8, 4) is 0 Å². The molecule has 0 saturated carbocycles. The van der Waals surface area contributed by atoms with Crippen molar-refractivity contribution in [2.45, 2.75) is 0 Å². The molecule has 14 heavy (non-hydrogen) atoms. The van der Waals surface area contributed by atoms with E-state index in [1.54, 1.807) is 0 Å². The van der Waals surface area contributed by atoms with E-state index in [0.717, 1.165) is 0 Å². The minimum atomic E-state index is -2.62. The van der Waals surface area contributed by atoms with Gasteiger partial charge < -0.3 is 45.9 Å². The van der Waals surface area contributed by atoms with Crippen molar-refractivity contribution in [3.05, 3.63) is 0 Å². The predicted molar refractivity (Wildman–Crippen MR) is 33.3 cm³/mol. The zero-order chi connectivity index (χ0) is 10.7. The molecular formula is H6N3O6P3Ru2. The molecule has 0 aromatic carbocycles. The molecule has 9 nitrogen and oxygen atoms in total. The van der Waals surface area contributed by atoms with Gasteiger partial charge in [-0.1, -0.05) is 0 Å². The molecule has 0 saturated heterocycles. The normalized spacial score (nSPS) is 7.71. The molecule has 0 spiro atoms. The zero-order valence-corrected chi connectivity index (χ0v) is 12.4. The summed E-state index contributed by atoms with van der Waals surface area (Å²) in [5, 5.41) is 0. The Morgan fingerprint density at radius 2 is 0.500 bits per heavy atom. The molecule has 0 aromatic heterocycles. The van der Waals surface area contributed by atoms with Crippen LogP contribution in [-0.4, -0.2) is 0 Å². The average Bonchev–Trinajstić information content (AvgIpc) is 1.54. The van der Waals surface area contributed by atoms with Crippen molar-refractivity contribution < 1.29 is 68.3 Å². The van der Waals surface area contributed by atoms with E-state index in [0.29, 0.717) is 0 Å². The summed E-state index contributed by atoms with van der Waals surface area (Å²) >= 11 is 0. The SMILES string of the molecule is NP([O-])[O-].NP([O-])[O-].NP([O-])[O-].[Ru+3].[Ru+3]. The molecule has 0 amide bonds. The fraction of sp³-hybridized carbons (Fsp3) is 0. The van der Waals surface area contributed by atoms with Gasteiger partial charge in [-0.05, 0) is 0 Å². The summed E-state index contributed by atoms with van der Waals surface area (Å²) in [6.07, 6.45) is 0. The third kappa shape index (κ3) is 519. The Kier molecular flexibility index (Phi) is 52.0. The molecule has 0 atom stereocenters. The van der Waals surface area contributed by atoms with E-state index in [-0.39, 0.29) is 39.0 Å². The van der Waals surface area contributed by atoms with E-state index in [1.165, 1.54) is 0 Å². The quantitative estimate of drug-likeness (QED) is 0.241. The fourth-order valence-corrected chi connectivity index (χ4v) is 0. The second kappa shape index (κ2) is 24.4. The van der Waals surface area contributed by atoms with Crippen LogP contribution in [0, 0.1) is 0 Å². The molecule has 0 fully saturated rings. The molecule has 0 aliphatic heterocycles. The standard InChI is InChI=1S/3H2NO2P.2Ru/c3*1-4(2)3;;/h3*1H2;;/q3*-2;2*+3. The summed E-state index contributed by atoms with van der Waals surface area (Å²) in [4.78, 5) is 52.9. The van der Waals surface area contributed by atoms with Gasteiger partial charge in [0, 0.05) is 0 Å². The van der Waals surface area contributed by atoms with Crippen LogP contribution in [0.15, 0.2) is 0 Å². The summed E-state index contributed by atoms with van der Waals surface area (Å²) in [6.45, 7) is 0. The van der Waals surface area contributed by atoms with Crippen molar-refractivity contribution in [2.75, 3.05) is 0 Å². The molecule has 0 heterocycles. The maximum Gasteiger partial charge on any atom is 3.00 e. The van der Waals surface area contributed by atoms with E-state index in [4.69, 9.17) is 29.4 Å². The summed E-state index contributed by atoms with van der Waals surface area (Å²) in [6, 6.07) is 0. The maximum atomic E-state index is 8.81.